The second-order valence-electron chi connectivity index (χ2n) is 7.80. The summed E-state index contributed by atoms with van der Waals surface area (Å²) in [5.74, 6) is -2.31. The number of halogens is 2. The molecule has 0 fully saturated rings. The number of nitrogens with one attached hydrogen (secondary N) is 2. The maximum Gasteiger partial charge on any atom is 0.273 e. The first-order chi connectivity index (χ1) is 16.7. The van der Waals surface area contributed by atoms with E-state index in [1.165, 1.54) is 6.26 Å². The van der Waals surface area contributed by atoms with Crippen LogP contribution >= 0.6 is 0 Å². The average Bonchev–Trinajstić information content (AvgIpc) is 3.32. The second kappa shape index (κ2) is 10.1. The summed E-state index contributed by atoms with van der Waals surface area (Å²) in [6.45, 7) is 0.0739. The van der Waals surface area contributed by atoms with Gasteiger partial charge in [0.15, 0.2) is 17.3 Å². The van der Waals surface area contributed by atoms with Crippen LogP contribution in [0.15, 0.2) is 77.4 Å². The third-order valence-corrected chi connectivity index (χ3v) is 5.64. The van der Waals surface area contributed by atoms with Crippen molar-refractivity contribution in [3.8, 4) is 22.6 Å². The molecule has 2 N–H and O–H groups in total. The summed E-state index contributed by atoms with van der Waals surface area (Å²) in [6, 6.07) is 19.5. The zero-order valence-electron chi connectivity index (χ0n) is 18.6. The predicted octanol–water partition coefficient (Wildman–Crippen LogP) is 4.63. The first-order valence-corrected chi connectivity index (χ1v) is 12.4. The van der Waals surface area contributed by atoms with E-state index in [1.807, 2.05) is 54.6 Å². The van der Waals surface area contributed by atoms with E-state index in [0.717, 1.165) is 29.5 Å². The summed E-state index contributed by atoms with van der Waals surface area (Å²) < 4.78 is 57.9. The van der Waals surface area contributed by atoms with E-state index in [2.05, 4.69) is 10.3 Å². The normalized spacial score (nSPS) is 11.3. The van der Waals surface area contributed by atoms with Crippen LogP contribution < -0.4 is 10.0 Å². The Morgan fingerprint density at radius 1 is 0.943 bits per heavy atom. The molecule has 0 aliphatic carbocycles. The lowest BCUT2D eigenvalue weighted by Gasteiger charge is -2.09. The van der Waals surface area contributed by atoms with Crippen LogP contribution in [-0.2, 0) is 16.4 Å². The van der Waals surface area contributed by atoms with E-state index < -0.39 is 33.3 Å². The van der Waals surface area contributed by atoms with Crippen molar-refractivity contribution in [1.29, 1.82) is 0 Å². The summed E-state index contributed by atoms with van der Waals surface area (Å²) in [6.07, 6.45) is 2.15. The first kappa shape index (κ1) is 24.1. The first-order valence-electron chi connectivity index (χ1n) is 10.5. The highest BCUT2D eigenvalue weighted by atomic mass is 32.2. The van der Waals surface area contributed by atoms with E-state index in [9.17, 15) is 22.0 Å². The minimum absolute atomic E-state index is 0.0668. The van der Waals surface area contributed by atoms with Gasteiger partial charge in [-0.2, -0.15) is 0 Å². The quantitative estimate of drug-likeness (QED) is 0.370. The molecule has 3 aromatic carbocycles. The number of hydrogen-bond acceptors (Lipinski definition) is 5. The number of aromatic nitrogens is 1. The Morgan fingerprint density at radius 3 is 2.17 bits per heavy atom. The molecule has 0 aliphatic heterocycles. The van der Waals surface area contributed by atoms with Crippen LogP contribution in [0, 0.1) is 11.6 Å². The molecular formula is C25H21F2N3O4S. The van der Waals surface area contributed by atoms with Crippen molar-refractivity contribution in [3.63, 3.8) is 0 Å². The minimum Gasteiger partial charge on any atom is -0.444 e. The van der Waals surface area contributed by atoms with Gasteiger partial charge >= 0.3 is 0 Å². The van der Waals surface area contributed by atoms with Gasteiger partial charge < -0.3 is 9.73 Å². The highest BCUT2D eigenvalue weighted by molar-refractivity contribution is 7.92. The molecule has 10 heteroatoms. The Morgan fingerprint density at radius 2 is 1.54 bits per heavy atom. The lowest BCUT2D eigenvalue weighted by molar-refractivity contribution is 0.0949. The van der Waals surface area contributed by atoms with Gasteiger partial charge in [0, 0.05) is 12.1 Å². The summed E-state index contributed by atoms with van der Waals surface area (Å²) >= 11 is 0. The Kier molecular flexibility index (Phi) is 6.92. The number of oxazole rings is 1. The topological polar surface area (TPSA) is 101 Å². The molecule has 0 atom stereocenters. The van der Waals surface area contributed by atoms with Crippen molar-refractivity contribution < 1.29 is 26.4 Å². The SMILES string of the molecule is CS(=O)(=O)Nc1c(F)cc(CCNC(=O)c2coc(-c3ccc(-c4ccccc4)cc3)n2)cc1F. The van der Waals surface area contributed by atoms with Crippen LogP contribution in [-0.4, -0.2) is 32.1 Å². The molecule has 0 saturated carbocycles. The van der Waals surface area contributed by atoms with Gasteiger partial charge in [-0.15, -0.1) is 0 Å². The molecule has 0 unspecified atom stereocenters. The molecule has 1 aromatic heterocycles. The van der Waals surface area contributed by atoms with E-state index in [4.69, 9.17) is 4.42 Å². The number of anilines is 1. The molecule has 0 saturated heterocycles. The Hall–Kier alpha value is -4.05. The highest BCUT2D eigenvalue weighted by Gasteiger charge is 2.16. The van der Waals surface area contributed by atoms with Crippen molar-refractivity contribution in [2.24, 2.45) is 0 Å². The highest BCUT2D eigenvalue weighted by Crippen LogP contribution is 2.25. The van der Waals surface area contributed by atoms with Gasteiger partial charge in [-0.3, -0.25) is 9.52 Å². The summed E-state index contributed by atoms with van der Waals surface area (Å²) in [4.78, 5) is 16.6. The van der Waals surface area contributed by atoms with Gasteiger partial charge in [0.2, 0.25) is 15.9 Å². The molecule has 0 aliphatic rings. The van der Waals surface area contributed by atoms with Crippen LogP contribution in [0.3, 0.4) is 0 Å². The molecular weight excluding hydrogens is 476 g/mol. The maximum atomic E-state index is 14.1. The fourth-order valence-electron chi connectivity index (χ4n) is 3.41. The van der Waals surface area contributed by atoms with E-state index in [0.29, 0.717) is 5.56 Å². The van der Waals surface area contributed by atoms with Crippen molar-refractivity contribution in [2.45, 2.75) is 6.42 Å². The third kappa shape index (κ3) is 6.10. The van der Waals surface area contributed by atoms with Gasteiger partial charge in [0.25, 0.3) is 5.91 Å². The number of benzene rings is 3. The molecule has 1 heterocycles. The predicted molar refractivity (Wildman–Crippen MR) is 128 cm³/mol. The molecule has 4 rings (SSSR count). The van der Waals surface area contributed by atoms with Gasteiger partial charge in [-0.1, -0.05) is 42.5 Å². The Bertz CT molecular complexity index is 1430. The van der Waals surface area contributed by atoms with Crippen LogP contribution in [0.2, 0.25) is 0 Å². The number of carbonyl (C=O) groups is 1. The Labute approximate surface area is 200 Å². The molecule has 180 valence electrons. The van der Waals surface area contributed by atoms with Crippen LogP contribution in [0.4, 0.5) is 14.5 Å². The lowest BCUT2D eigenvalue weighted by Crippen LogP contribution is -2.26. The van der Waals surface area contributed by atoms with E-state index in [1.54, 1.807) is 4.72 Å². The fraction of sp³-hybridized carbons (Fsp3) is 0.120. The average molecular weight is 498 g/mol. The maximum absolute atomic E-state index is 14.1. The minimum atomic E-state index is -3.83. The molecule has 0 radical (unpaired) electrons. The smallest absolute Gasteiger partial charge is 0.273 e. The fourth-order valence-corrected chi connectivity index (χ4v) is 3.98. The standard InChI is InChI=1S/C25H21F2N3O4S/c1-35(32,33)30-23-20(26)13-16(14-21(23)27)11-12-28-24(31)22-15-34-25(29-22)19-9-7-18(8-10-19)17-5-3-2-4-6-17/h2-10,13-15,30H,11-12H2,1H3,(H,28,31). The summed E-state index contributed by atoms with van der Waals surface area (Å²) in [7, 11) is -3.83. The van der Waals surface area contributed by atoms with Gasteiger partial charge in [0.05, 0.1) is 6.26 Å². The number of amides is 1. The summed E-state index contributed by atoms with van der Waals surface area (Å²) in [5, 5.41) is 2.62. The number of hydrogen-bond donors (Lipinski definition) is 2. The number of sulfonamides is 1. The molecule has 7 nitrogen and oxygen atoms in total. The van der Waals surface area contributed by atoms with Gasteiger partial charge in [-0.05, 0) is 47.4 Å². The number of rotatable bonds is 8. The number of carbonyl (C=O) groups excluding carboxylic acids is 1. The van der Waals surface area contributed by atoms with E-state index in [-0.39, 0.29) is 30.1 Å². The lowest BCUT2D eigenvalue weighted by atomic mass is 10.0. The van der Waals surface area contributed by atoms with Crippen molar-refractivity contribution in [1.82, 2.24) is 10.3 Å². The molecule has 0 bridgehead atoms. The van der Waals surface area contributed by atoms with E-state index >= 15 is 0 Å². The van der Waals surface area contributed by atoms with Crippen LogP contribution in [0.5, 0.6) is 0 Å². The largest absolute Gasteiger partial charge is 0.444 e. The summed E-state index contributed by atoms with van der Waals surface area (Å²) in [5.41, 5.74) is 2.39. The van der Waals surface area contributed by atoms with Crippen molar-refractivity contribution >= 4 is 21.6 Å². The number of nitrogens with zero attached hydrogens (tertiary/aromatic N) is 1. The molecule has 1 amide bonds. The van der Waals surface area contributed by atoms with Crippen molar-refractivity contribution in [2.75, 3.05) is 17.5 Å². The molecule has 35 heavy (non-hydrogen) atoms. The van der Waals surface area contributed by atoms with Gasteiger partial charge in [-0.25, -0.2) is 22.2 Å². The molecule has 0 spiro atoms. The Balaban J connectivity index is 1.36. The second-order valence-corrected chi connectivity index (χ2v) is 9.54. The van der Waals surface area contributed by atoms with Crippen molar-refractivity contribution in [3.05, 3.63) is 95.9 Å². The monoisotopic (exact) mass is 497 g/mol. The van der Waals surface area contributed by atoms with Crippen LogP contribution in [0.1, 0.15) is 16.1 Å². The zero-order valence-corrected chi connectivity index (χ0v) is 19.4. The molecule has 4 aromatic rings. The van der Waals surface area contributed by atoms with Crippen LogP contribution in [0.25, 0.3) is 22.6 Å². The third-order valence-electron chi connectivity index (χ3n) is 5.06. The zero-order chi connectivity index (χ0) is 25.0. The van der Waals surface area contributed by atoms with Gasteiger partial charge in [0.1, 0.15) is 12.0 Å².